The molecule has 7 nitrogen and oxygen atoms in total. The minimum atomic E-state index is -1.72. The number of hydrogen-bond donors (Lipinski definition) is 4. The maximum absolute atomic E-state index is 11.1. The molecule has 1 saturated heterocycles. The molecule has 1 aromatic rings. The quantitative estimate of drug-likeness (QED) is 0.607. The van der Waals surface area contributed by atoms with Crippen molar-refractivity contribution in [1.29, 1.82) is 0 Å². The normalized spacial score (nSPS) is 33.4. The van der Waals surface area contributed by atoms with Gasteiger partial charge in [0.05, 0.1) is 6.10 Å². The van der Waals surface area contributed by atoms with Gasteiger partial charge in [-0.3, -0.25) is 0 Å². The van der Waals surface area contributed by atoms with Crippen LogP contribution in [-0.4, -0.2) is 57.1 Å². The van der Waals surface area contributed by atoms with E-state index in [1.54, 1.807) is 0 Å². The second-order valence-electron chi connectivity index (χ2n) is 5.18. The van der Waals surface area contributed by atoms with Crippen LogP contribution in [0.2, 0.25) is 0 Å². The topological polar surface area (TPSA) is 116 Å². The number of benzene rings is 1. The molecule has 1 fully saturated rings. The molecule has 0 aliphatic carbocycles. The van der Waals surface area contributed by atoms with Gasteiger partial charge in [0.2, 0.25) is 0 Å². The average molecular weight is 312 g/mol. The van der Waals surface area contributed by atoms with E-state index in [0.29, 0.717) is 6.42 Å². The Hall–Kier alpha value is -1.51. The van der Waals surface area contributed by atoms with Crippen LogP contribution in [0.4, 0.5) is 0 Å². The van der Waals surface area contributed by atoms with E-state index in [-0.39, 0.29) is 0 Å². The van der Waals surface area contributed by atoms with E-state index in [2.05, 4.69) is 0 Å². The molecule has 0 amide bonds. The summed E-state index contributed by atoms with van der Waals surface area (Å²) in [4.78, 5) is 11.1. The maximum Gasteiger partial charge on any atom is 0.335 e. The van der Waals surface area contributed by atoms with Gasteiger partial charge < -0.3 is 29.9 Å². The van der Waals surface area contributed by atoms with E-state index in [4.69, 9.17) is 14.6 Å². The summed E-state index contributed by atoms with van der Waals surface area (Å²) in [6.07, 6.45) is -7.79. The number of rotatable bonds is 5. The molecule has 1 aromatic carbocycles. The van der Waals surface area contributed by atoms with Crippen molar-refractivity contribution < 1.29 is 34.7 Å². The summed E-state index contributed by atoms with van der Waals surface area (Å²) in [5.41, 5.74) is 0.841. The summed E-state index contributed by atoms with van der Waals surface area (Å²) >= 11 is 0. The molecule has 6 atom stereocenters. The first-order chi connectivity index (χ1) is 10.5. The fraction of sp³-hybridized carbons (Fsp3) is 0.533. The van der Waals surface area contributed by atoms with Gasteiger partial charge in [0.1, 0.15) is 18.3 Å². The van der Waals surface area contributed by atoms with Gasteiger partial charge in [-0.1, -0.05) is 37.3 Å². The first-order valence-corrected chi connectivity index (χ1v) is 7.08. The van der Waals surface area contributed by atoms with Gasteiger partial charge in [0.15, 0.2) is 12.4 Å². The molecule has 0 aromatic heterocycles. The van der Waals surface area contributed by atoms with Crippen LogP contribution >= 0.6 is 0 Å². The number of aliphatic hydroxyl groups excluding tert-OH is 3. The molecule has 1 heterocycles. The van der Waals surface area contributed by atoms with Crippen molar-refractivity contribution in [3.63, 3.8) is 0 Å². The van der Waals surface area contributed by atoms with Crippen molar-refractivity contribution in [3.8, 4) is 0 Å². The highest BCUT2D eigenvalue weighted by molar-refractivity contribution is 5.73. The van der Waals surface area contributed by atoms with Gasteiger partial charge in [-0.2, -0.15) is 0 Å². The molecule has 7 heteroatoms. The molecule has 1 aliphatic heterocycles. The van der Waals surface area contributed by atoms with Crippen LogP contribution in [0.3, 0.4) is 0 Å². The molecular formula is C15H20O7. The van der Waals surface area contributed by atoms with Crippen LogP contribution in [0.25, 0.3) is 0 Å². The summed E-state index contributed by atoms with van der Waals surface area (Å²) in [6.45, 7) is 1.87. The number of aliphatic carboxylic acids is 1. The summed E-state index contributed by atoms with van der Waals surface area (Å²) in [6, 6.07) is 9.19. The van der Waals surface area contributed by atoms with Crippen LogP contribution in [0.1, 0.15) is 25.0 Å². The van der Waals surface area contributed by atoms with Gasteiger partial charge in [-0.15, -0.1) is 0 Å². The molecule has 122 valence electrons. The van der Waals surface area contributed by atoms with Gasteiger partial charge in [-0.25, -0.2) is 4.79 Å². The predicted octanol–water partition coefficient (Wildman–Crippen LogP) is 0.0465. The van der Waals surface area contributed by atoms with Crippen LogP contribution < -0.4 is 0 Å². The Kier molecular flexibility index (Phi) is 5.49. The smallest absolute Gasteiger partial charge is 0.335 e. The molecular weight excluding hydrogens is 292 g/mol. The Morgan fingerprint density at radius 1 is 1.18 bits per heavy atom. The third-order valence-corrected chi connectivity index (χ3v) is 3.65. The number of ether oxygens (including phenoxy) is 2. The van der Waals surface area contributed by atoms with E-state index >= 15 is 0 Å². The fourth-order valence-corrected chi connectivity index (χ4v) is 2.40. The second kappa shape index (κ2) is 7.17. The molecule has 0 spiro atoms. The minimum Gasteiger partial charge on any atom is -0.479 e. The van der Waals surface area contributed by atoms with Crippen molar-refractivity contribution in [2.45, 2.75) is 50.2 Å². The van der Waals surface area contributed by atoms with Crippen LogP contribution in [0, 0.1) is 0 Å². The highest BCUT2D eigenvalue weighted by Crippen LogP contribution is 2.29. The second-order valence-corrected chi connectivity index (χ2v) is 5.18. The Bertz CT molecular complexity index is 492. The third-order valence-electron chi connectivity index (χ3n) is 3.65. The third kappa shape index (κ3) is 3.45. The summed E-state index contributed by atoms with van der Waals surface area (Å²) in [7, 11) is 0. The Balaban J connectivity index is 2.14. The van der Waals surface area contributed by atoms with Crippen molar-refractivity contribution in [2.24, 2.45) is 0 Å². The Labute approximate surface area is 127 Å². The highest BCUT2D eigenvalue weighted by Gasteiger charge is 2.48. The zero-order valence-corrected chi connectivity index (χ0v) is 12.1. The number of carboxylic acids is 1. The van der Waals surface area contributed by atoms with Gasteiger partial charge >= 0.3 is 5.97 Å². The molecule has 22 heavy (non-hydrogen) atoms. The zero-order chi connectivity index (χ0) is 16.3. The van der Waals surface area contributed by atoms with Crippen molar-refractivity contribution >= 4 is 5.97 Å². The van der Waals surface area contributed by atoms with E-state index in [9.17, 15) is 20.1 Å². The van der Waals surface area contributed by atoms with E-state index in [1.165, 1.54) is 0 Å². The number of hydrogen-bond acceptors (Lipinski definition) is 6. The predicted molar refractivity (Wildman–Crippen MR) is 74.9 cm³/mol. The molecule has 6 unspecified atom stereocenters. The lowest BCUT2D eigenvalue weighted by Gasteiger charge is -2.39. The molecule has 0 saturated carbocycles. The summed E-state index contributed by atoms with van der Waals surface area (Å²) < 4.78 is 10.7. The van der Waals surface area contributed by atoms with E-state index < -0.39 is 42.8 Å². The largest absolute Gasteiger partial charge is 0.479 e. The Morgan fingerprint density at radius 3 is 2.36 bits per heavy atom. The summed E-state index contributed by atoms with van der Waals surface area (Å²) in [5.74, 6) is -1.43. The standard InChI is InChI=1S/C15H20O7/c1-2-9(8-6-4-3-5-7-8)21-15-12(18)10(16)11(17)13(22-15)14(19)20/h3-7,9-13,15-18H,2H2,1H3,(H,19,20). The van der Waals surface area contributed by atoms with Crippen molar-refractivity contribution in [3.05, 3.63) is 35.9 Å². The fourth-order valence-electron chi connectivity index (χ4n) is 2.40. The number of aliphatic hydroxyl groups is 3. The first-order valence-electron chi connectivity index (χ1n) is 7.08. The van der Waals surface area contributed by atoms with Crippen LogP contribution in [0.5, 0.6) is 0 Å². The van der Waals surface area contributed by atoms with E-state index in [1.807, 2.05) is 37.3 Å². The van der Waals surface area contributed by atoms with Crippen molar-refractivity contribution in [1.82, 2.24) is 0 Å². The van der Waals surface area contributed by atoms with Gasteiger partial charge in [-0.05, 0) is 12.0 Å². The van der Waals surface area contributed by atoms with E-state index in [0.717, 1.165) is 5.56 Å². The molecule has 2 rings (SSSR count). The van der Waals surface area contributed by atoms with Crippen LogP contribution in [-0.2, 0) is 14.3 Å². The van der Waals surface area contributed by atoms with Gasteiger partial charge in [0, 0.05) is 0 Å². The highest BCUT2D eigenvalue weighted by atomic mass is 16.7. The molecule has 0 bridgehead atoms. The number of carboxylic acid groups (broad SMARTS) is 1. The first kappa shape index (κ1) is 16.9. The lowest BCUT2D eigenvalue weighted by Crippen LogP contribution is -2.60. The summed E-state index contributed by atoms with van der Waals surface area (Å²) in [5, 5.41) is 38.4. The Morgan fingerprint density at radius 2 is 1.82 bits per heavy atom. The van der Waals surface area contributed by atoms with Crippen LogP contribution in [0.15, 0.2) is 30.3 Å². The minimum absolute atomic E-state index is 0.433. The lowest BCUT2D eigenvalue weighted by atomic mass is 9.98. The van der Waals surface area contributed by atoms with Crippen molar-refractivity contribution in [2.75, 3.05) is 0 Å². The SMILES string of the molecule is CCC(OC1OC(C(=O)O)C(O)C(O)C1O)c1ccccc1. The number of carbonyl (C=O) groups is 1. The lowest BCUT2D eigenvalue weighted by molar-refractivity contribution is -0.305. The maximum atomic E-state index is 11.1. The molecule has 1 aliphatic rings. The molecule has 0 radical (unpaired) electrons. The monoisotopic (exact) mass is 312 g/mol. The van der Waals surface area contributed by atoms with Gasteiger partial charge in [0.25, 0.3) is 0 Å². The molecule has 4 N–H and O–H groups in total. The zero-order valence-electron chi connectivity index (χ0n) is 12.1. The average Bonchev–Trinajstić information content (AvgIpc) is 2.52.